The SMILES string of the molecule is Oc1ccc(CNC2CCOc3ccc(Br)cc32)cc1. The van der Waals surface area contributed by atoms with Gasteiger partial charge < -0.3 is 15.2 Å². The summed E-state index contributed by atoms with van der Waals surface area (Å²) in [4.78, 5) is 0. The maximum absolute atomic E-state index is 9.29. The summed E-state index contributed by atoms with van der Waals surface area (Å²) in [5, 5.41) is 12.9. The Morgan fingerprint density at radius 1 is 1.20 bits per heavy atom. The van der Waals surface area contributed by atoms with Gasteiger partial charge in [-0.1, -0.05) is 28.1 Å². The van der Waals surface area contributed by atoms with Crippen molar-refractivity contribution >= 4 is 15.9 Å². The quantitative estimate of drug-likeness (QED) is 0.898. The minimum atomic E-state index is 0.296. The minimum absolute atomic E-state index is 0.296. The normalized spacial score (nSPS) is 17.4. The van der Waals surface area contributed by atoms with E-state index in [4.69, 9.17) is 4.74 Å². The molecular weight excluding hydrogens is 318 g/mol. The predicted octanol–water partition coefficient (Wildman–Crippen LogP) is 3.77. The van der Waals surface area contributed by atoms with Crippen LogP contribution in [0.15, 0.2) is 46.9 Å². The molecule has 0 saturated carbocycles. The predicted molar refractivity (Wildman–Crippen MR) is 81.9 cm³/mol. The first-order valence-corrected chi connectivity index (χ1v) is 7.45. The number of hydrogen-bond acceptors (Lipinski definition) is 3. The highest BCUT2D eigenvalue weighted by molar-refractivity contribution is 9.10. The van der Waals surface area contributed by atoms with E-state index < -0.39 is 0 Å². The molecule has 0 aliphatic carbocycles. The van der Waals surface area contributed by atoms with Crippen molar-refractivity contribution in [2.24, 2.45) is 0 Å². The van der Waals surface area contributed by atoms with Gasteiger partial charge in [0.15, 0.2) is 0 Å². The molecule has 0 spiro atoms. The Morgan fingerprint density at radius 2 is 2.00 bits per heavy atom. The van der Waals surface area contributed by atoms with Crippen molar-refractivity contribution in [1.82, 2.24) is 5.32 Å². The second kappa shape index (κ2) is 5.85. The van der Waals surface area contributed by atoms with E-state index in [-0.39, 0.29) is 0 Å². The van der Waals surface area contributed by atoms with Crippen molar-refractivity contribution < 1.29 is 9.84 Å². The summed E-state index contributed by atoms with van der Waals surface area (Å²) in [5.74, 6) is 1.26. The number of fused-ring (bicyclic) bond motifs is 1. The highest BCUT2D eigenvalue weighted by atomic mass is 79.9. The summed E-state index contributed by atoms with van der Waals surface area (Å²) < 4.78 is 6.75. The van der Waals surface area contributed by atoms with Crippen LogP contribution < -0.4 is 10.1 Å². The van der Waals surface area contributed by atoms with Crippen LogP contribution in [0.25, 0.3) is 0 Å². The van der Waals surface area contributed by atoms with Gasteiger partial charge in [0, 0.05) is 29.0 Å². The second-order valence-electron chi connectivity index (χ2n) is 4.92. The fourth-order valence-electron chi connectivity index (χ4n) is 2.43. The largest absolute Gasteiger partial charge is 0.508 e. The van der Waals surface area contributed by atoms with E-state index in [9.17, 15) is 5.11 Å². The van der Waals surface area contributed by atoms with Gasteiger partial charge >= 0.3 is 0 Å². The molecule has 1 atom stereocenters. The topological polar surface area (TPSA) is 41.5 Å². The van der Waals surface area contributed by atoms with Gasteiger partial charge in [0.2, 0.25) is 0 Å². The maximum Gasteiger partial charge on any atom is 0.124 e. The summed E-state index contributed by atoms with van der Waals surface area (Å²) in [7, 11) is 0. The molecule has 2 aromatic carbocycles. The van der Waals surface area contributed by atoms with E-state index in [1.165, 1.54) is 5.56 Å². The van der Waals surface area contributed by atoms with E-state index >= 15 is 0 Å². The molecule has 4 heteroatoms. The molecule has 1 aliphatic heterocycles. The molecule has 1 unspecified atom stereocenters. The van der Waals surface area contributed by atoms with Crippen molar-refractivity contribution in [3.63, 3.8) is 0 Å². The molecule has 0 radical (unpaired) electrons. The highest BCUT2D eigenvalue weighted by Gasteiger charge is 2.21. The molecule has 3 rings (SSSR count). The second-order valence-corrected chi connectivity index (χ2v) is 5.83. The average molecular weight is 334 g/mol. The summed E-state index contributed by atoms with van der Waals surface area (Å²) in [6.45, 7) is 1.51. The highest BCUT2D eigenvalue weighted by Crippen LogP contribution is 2.34. The molecule has 1 heterocycles. The molecule has 0 aromatic heterocycles. The third-order valence-electron chi connectivity index (χ3n) is 3.50. The smallest absolute Gasteiger partial charge is 0.124 e. The standard InChI is InChI=1S/C16H16BrNO2/c17-12-3-6-16-14(9-12)15(7-8-20-16)18-10-11-1-4-13(19)5-2-11/h1-6,9,15,18-19H,7-8,10H2. The van der Waals surface area contributed by atoms with E-state index in [1.54, 1.807) is 12.1 Å². The lowest BCUT2D eigenvalue weighted by Gasteiger charge is -2.27. The number of halogens is 1. The number of benzene rings is 2. The third kappa shape index (κ3) is 2.97. The number of phenolic OH excluding ortho intramolecular Hbond substituents is 1. The summed E-state index contributed by atoms with van der Waals surface area (Å²) >= 11 is 3.51. The number of rotatable bonds is 3. The third-order valence-corrected chi connectivity index (χ3v) is 3.99. The number of nitrogens with one attached hydrogen (secondary N) is 1. The monoisotopic (exact) mass is 333 g/mol. The zero-order chi connectivity index (χ0) is 13.9. The van der Waals surface area contributed by atoms with Crippen LogP contribution in [-0.4, -0.2) is 11.7 Å². The van der Waals surface area contributed by atoms with Crippen LogP contribution in [0.5, 0.6) is 11.5 Å². The van der Waals surface area contributed by atoms with Crippen molar-refractivity contribution in [2.75, 3.05) is 6.61 Å². The molecule has 3 nitrogen and oxygen atoms in total. The molecule has 20 heavy (non-hydrogen) atoms. The Kier molecular flexibility index (Phi) is 3.94. The lowest BCUT2D eigenvalue weighted by Crippen LogP contribution is -2.26. The van der Waals surface area contributed by atoms with E-state index in [1.807, 2.05) is 24.3 Å². The van der Waals surface area contributed by atoms with Crippen molar-refractivity contribution in [3.8, 4) is 11.5 Å². The van der Waals surface area contributed by atoms with E-state index in [2.05, 4.69) is 27.3 Å². The number of aromatic hydroxyl groups is 1. The molecule has 0 bridgehead atoms. The Bertz CT molecular complexity index is 598. The molecule has 2 N–H and O–H groups in total. The number of phenols is 1. The fourth-order valence-corrected chi connectivity index (χ4v) is 2.81. The van der Waals surface area contributed by atoms with Crippen molar-refractivity contribution in [3.05, 3.63) is 58.1 Å². The first-order chi connectivity index (χ1) is 9.72. The van der Waals surface area contributed by atoms with Gasteiger partial charge in [0.05, 0.1) is 6.61 Å². The molecule has 0 fully saturated rings. The van der Waals surface area contributed by atoms with E-state index in [0.29, 0.717) is 11.8 Å². The molecule has 0 saturated heterocycles. The Hall–Kier alpha value is -1.52. The van der Waals surface area contributed by atoms with Gasteiger partial charge in [-0.2, -0.15) is 0 Å². The molecular formula is C16H16BrNO2. The van der Waals surface area contributed by atoms with Gasteiger partial charge in [-0.3, -0.25) is 0 Å². The zero-order valence-electron chi connectivity index (χ0n) is 11.0. The summed E-state index contributed by atoms with van der Waals surface area (Å²) in [6, 6.07) is 13.7. The van der Waals surface area contributed by atoms with Crippen LogP contribution in [0, 0.1) is 0 Å². The van der Waals surface area contributed by atoms with Crippen molar-refractivity contribution in [1.29, 1.82) is 0 Å². The molecule has 2 aromatic rings. The Morgan fingerprint density at radius 3 is 2.80 bits per heavy atom. The van der Waals surface area contributed by atoms with Gasteiger partial charge in [-0.05, 0) is 35.9 Å². The van der Waals surface area contributed by atoms with Crippen LogP contribution in [0.3, 0.4) is 0 Å². The fraction of sp³-hybridized carbons (Fsp3) is 0.250. The lowest BCUT2D eigenvalue weighted by atomic mass is 10.0. The maximum atomic E-state index is 9.29. The van der Waals surface area contributed by atoms with Gasteiger partial charge in [0.1, 0.15) is 11.5 Å². The first kappa shape index (κ1) is 13.5. The number of ether oxygens (including phenoxy) is 1. The Balaban J connectivity index is 1.73. The Labute approximate surface area is 126 Å². The summed E-state index contributed by atoms with van der Waals surface area (Å²) in [5.41, 5.74) is 2.36. The van der Waals surface area contributed by atoms with Crippen LogP contribution in [-0.2, 0) is 6.54 Å². The number of hydrogen-bond donors (Lipinski definition) is 2. The van der Waals surface area contributed by atoms with Crippen LogP contribution in [0.1, 0.15) is 23.6 Å². The van der Waals surface area contributed by atoms with Crippen LogP contribution in [0.4, 0.5) is 0 Å². The summed E-state index contributed by atoms with van der Waals surface area (Å²) in [6.07, 6.45) is 0.960. The first-order valence-electron chi connectivity index (χ1n) is 6.66. The minimum Gasteiger partial charge on any atom is -0.508 e. The molecule has 0 amide bonds. The molecule has 104 valence electrons. The lowest BCUT2D eigenvalue weighted by molar-refractivity contribution is 0.252. The van der Waals surface area contributed by atoms with Crippen LogP contribution >= 0.6 is 15.9 Å². The van der Waals surface area contributed by atoms with Gasteiger partial charge in [0.25, 0.3) is 0 Å². The zero-order valence-corrected chi connectivity index (χ0v) is 12.6. The average Bonchev–Trinajstić information content (AvgIpc) is 2.47. The molecule has 1 aliphatic rings. The van der Waals surface area contributed by atoms with E-state index in [0.717, 1.165) is 35.4 Å². The van der Waals surface area contributed by atoms with Gasteiger partial charge in [-0.25, -0.2) is 0 Å². The van der Waals surface area contributed by atoms with Crippen LogP contribution in [0.2, 0.25) is 0 Å². The van der Waals surface area contributed by atoms with Crippen molar-refractivity contribution in [2.45, 2.75) is 19.0 Å². The van der Waals surface area contributed by atoms with Gasteiger partial charge in [-0.15, -0.1) is 0 Å².